The summed E-state index contributed by atoms with van der Waals surface area (Å²) in [6, 6.07) is 2.15. The first kappa shape index (κ1) is 12.7. The standard InChI is InChI=1S/C15H19NO2/c1-8(2)16-7-10(4)13-11(5)12(15(17)18)6-9(3)14(13)16/h6-8H,1-5H3,(H,17,18). The second-order valence-electron chi connectivity index (χ2n) is 5.21. The van der Waals surface area contributed by atoms with Gasteiger partial charge in [-0.25, -0.2) is 4.79 Å². The van der Waals surface area contributed by atoms with E-state index in [1.54, 1.807) is 6.07 Å². The fraction of sp³-hybridized carbons (Fsp3) is 0.400. The van der Waals surface area contributed by atoms with Gasteiger partial charge in [-0.2, -0.15) is 0 Å². The first-order valence-corrected chi connectivity index (χ1v) is 6.19. The highest BCUT2D eigenvalue weighted by Gasteiger charge is 2.18. The van der Waals surface area contributed by atoms with Gasteiger partial charge >= 0.3 is 5.97 Å². The van der Waals surface area contributed by atoms with Crippen molar-refractivity contribution in [3.63, 3.8) is 0 Å². The Morgan fingerprint density at radius 2 is 1.83 bits per heavy atom. The average molecular weight is 245 g/mol. The highest BCUT2D eigenvalue weighted by atomic mass is 16.4. The van der Waals surface area contributed by atoms with Crippen molar-refractivity contribution >= 4 is 16.9 Å². The van der Waals surface area contributed by atoms with Crippen LogP contribution in [0.3, 0.4) is 0 Å². The van der Waals surface area contributed by atoms with E-state index < -0.39 is 5.97 Å². The van der Waals surface area contributed by atoms with Crippen LogP contribution in [0, 0.1) is 20.8 Å². The predicted molar refractivity (Wildman–Crippen MR) is 73.5 cm³/mol. The second-order valence-corrected chi connectivity index (χ2v) is 5.21. The Labute approximate surface area is 107 Å². The molecule has 1 aromatic heterocycles. The molecule has 2 rings (SSSR count). The molecule has 0 saturated heterocycles. The number of carboxylic acids is 1. The van der Waals surface area contributed by atoms with Gasteiger partial charge in [-0.15, -0.1) is 0 Å². The van der Waals surface area contributed by atoms with E-state index in [2.05, 4.69) is 24.6 Å². The summed E-state index contributed by atoms with van der Waals surface area (Å²) >= 11 is 0. The minimum absolute atomic E-state index is 0.370. The number of hydrogen-bond donors (Lipinski definition) is 1. The van der Waals surface area contributed by atoms with Crippen molar-refractivity contribution in [2.75, 3.05) is 0 Å². The molecule has 18 heavy (non-hydrogen) atoms. The van der Waals surface area contributed by atoms with Crippen molar-refractivity contribution in [1.82, 2.24) is 4.57 Å². The van der Waals surface area contributed by atoms with Crippen LogP contribution in [0.5, 0.6) is 0 Å². The zero-order valence-electron chi connectivity index (χ0n) is 11.5. The summed E-state index contributed by atoms with van der Waals surface area (Å²) < 4.78 is 2.22. The molecule has 0 amide bonds. The minimum Gasteiger partial charge on any atom is -0.478 e. The lowest BCUT2D eigenvalue weighted by molar-refractivity contribution is 0.0696. The summed E-state index contributed by atoms with van der Waals surface area (Å²) in [6.45, 7) is 10.2. The summed E-state index contributed by atoms with van der Waals surface area (Å²) in [5.41, 5.74) is 4.59. The summed E-state index contributed by atoms with van der Waals surface area (Å²) in [5.74, 6) is -0.853. The van der Waals surface area contributed by atoms with Crippen molar-refractivity contribution in [3.8, 4) is 0 Å². The number of nitrogens with zero attached hydrogens (tertiary/aromatic N) is 1. The van der Waals surface area contributed by atoms with E-state index in [4.69, 9.17) is 0 Å². The molecule has 1 N–H and O–H groups in total. The molecule has 0 bridgehead atoms. The lowest BCUT2D eigenvalue weighted by Gasteiger charge is -2.13. The third-order valence-corrected chi connectivity index (χ3v) is 3.52. The van der Waals surface area contributed by atoms with E-state index in [0.29, 0.717) is 11.6 Å². The van der Waals surface area contributed by atoms with E-state index in [1.165, 1.54) is 0 Å². The molecular formula is C15H19NO2. The SMILES string of the molecule is Cc1cn(C(C)C)c2c(C)cc(C(=O)O)c(C)c12. The van der Waals surface area contributed by atoms with Gasteiger partial charge in [0, 0.05) is 17.6 Å². The Bertz CT molecular complexity index is 636. The quantitative estimate of drug-likeness (QED) is 0.873. The van der Waals surface area contributed by atoms with Gasteiger partial charge in [-0.05, 0) is 57.4 Å². The van der Waals surface area contributed by atoms with Crippen molar-refractivity contribution in [2.45, 2.75) is 40.7 Å². The number of benzene rings is 1. The molecule has 96 valence electrons. The smallest absolute Gasteiger partial charge is 0.335 e. The van der Waals surface area contributed by atoms with Crippen LogP contribution in [-0.2, 0) is 0 Å². The fourth-order valence-corrected chi connectivity index (χ4v) is 2.68. The van der Waals surface area contributed by atoms with Crippen LogP contribution in [-0.4, -0.2) is 15.6 Å². The van der Waals surface area contributed by atoms with Crippen LogP contribution in [0.1, 0.15) is 46.9 Å². The van der Waals surface area contributed by atoms with Crippen molar-refractivity contribution in [3.05, 3.63) is 34.5 Å². The maximum atomic E-state index is 11.3. The van der Waals surface area contributed by atoms with Gasteiger partial charge in [-0.1, -0.05) is 0 Å². The first-order chi connectivity index (χ1) is 8.34. The van der Waals surface area contributed by atoms with Gasteiger partial charge in [0.2, 0.25) is 0 Å². The number of aromatic nitrogens is 1. The topological polar surface area (TPSA) is 42.2 Å². The normalized spacial score (nSPS) is 11.4. The van der Waals surface area contributed by atoms with Crippen LogP contribution < -0.4 is 0 Å². The Hall–Kier alpha value is -1.77. The highest BCUT2D eigenvalue weighted by molar-refractivity contribution is 5.99. The van der Waals surface area contributed by atoms with Gasteiger partial charge in [0.05, 0.1) is 11.1 Å². The number of aryl methyl sites for hydroxylation is 3. The van der Waals surface area contributed by atoms with E-state index >= 15 is 0 Å². The molecule has 1 aromatic carbocycles. The Morgan fingerprint density at radius 1 is 1.22 bits per heavy atom. The first-order valence-electron chi connectivity index (χ1n) is 6.19. The van der Waals surface area contributed by atoms with Crippen LogP contribution in [0.2, 0.25) is 0 Å². The monoisotopic (exact) mass is 245 g/mol. The number of hydrogen-bond acceptors (Lipinski definition) is 1. The molecule has 0 unspecified atom stereocenters. The molecule has 0 aliphatic rings. The van der Waals surface area contributed by atoms with E-state index in [0.717, 1.165) is 27.6 Å². The molecule has 2 aromatic rings. The maximum absolute atomic E-state index is 11.3. The number of carbonyl (C=O) groups is 1. The summed E-state index contributed by atoms with van der Waals surface area (Å²) in [6.07, 6.45) is 2.11. The van der Waals surface area contributed by atoms with Gasteiger partial charge < -0.3 is 9.67 Å². The fourth-order valence-electron chi connectivity index (χ4n) is 2.68. The van der Waals surface area contributed by atoms with E-state index in [9.17, 15) is 9.90 Å². The summed E-state index contributed by atoms with van der Waals surface area (Å²) in [4.78, 5) is 11.3. The average Bonchev–Trinajstić information content (AvgIpc) is 2.62. The van der Waals surface area contributed by atoms with Gasteiger partial charge in [0.25, 0.3) is 0 Å². The molecular weight excluding hydrogens is 226 g/mol. The zero-order valence-corrected chi connectivity index (χ0v) is 11.5. The number of aromatic carboxylic acids is 1. The van der Waals surface area contributed by atoms with E-state index in [1.807, 2.05) is 20.8 Å². The molecule has 0 aliphatic carbocycles. The van der Waals surface area contributed by atoms with Gasteiger partial charge in [-0.3, -0.25) is 0 Å². The van der Waals surface area contributed by atoms with Crippen molar-refractivity contribution in [2.24, 2.45) is 0 Å². The number of carboxylic acid groups (broad SMARTS) is 1. The lowest BCUT2D eigenvalue weighted by Crippen LogP contribution is -2.04. The molecule has 0 radical (unpaired) electrons. The third-order valence-electron chi connectivity index (χ3n) is 3.52. The molecule has 1 heterocycles. The minimum atomic E-state index is -0.853. The summed E-state index contributed by atoms with van der Waals surface area (Å²) in [7, 11) is 0. The molecule has 0 aliphatic heterocycles. The molecule has 0 atom stereocenters. The Morgan fingerprint density at radius 3 is 2.33 bits per heavy atom. The largest absolute Gasteiger partial charge is 0.478 e. The molecule has 0 fully saturated rings. The Balaban J connectivity index is 2.94. The lowest BCUT2D eigenvalue weighted by atomic mass is 9.98. The molecule has 0 saturated carbocycles. The van der Waals surface area contributed by atoms with Crippen LogP contribution >= 0.6 is 0 Å². The van der Waals surface area contributed by atoms with Crippen molar-refractivity contribution < 1.29 is 9.90 Å². The van der Waals surface area contributed by atoms with Crippen LogP contribution in [0.15, 0.2) is 12.3 Å². The summed E-state index contributed by atoms with van der Waals surface area (Å²) in [5, 5.41) is 10.3. The highest BCUT2D eigenvalue weighted by Crippen LogP contribution is 2.31. The number of rotatable bonds is 2. The molecule has 0 spiro atoms. The van der Waals surface area contributed by atoms with Gasteiger partial charge in [0.1, 0.15) is 0 Å². The third kappa shape index (κ3) is 1.70. The zero-order chi connectivity index (χ0) is 13.6. The van der Waals surface area contributed by atoms with Crippen molar-refractivity contribution in [1.29, 1.82) is 0 Å². The number of fused-ring (bicyclic) bond motifs is 1. The molecule has 3 nitrogen and oxygen atoms in total. The predicted octanol–water partition coefficient (Wildman–Crippen LogP) is 3.85. The maximum Gasteiger partial charge on any atom is 0.335 e. The van der Waals surface area contributed by atoms with Crippen LogP contribution in [0.25, 0.3) is 10.9 Å². The molecule has 3 heteroatoms. The second kappa shape index (κ2) is 4.16. The van der Waals surface area contributed by atoms with Gasteiger partial charge in [0.15, 0.2) is 0 Å². The van der Waals surface area contributed by atoms with E-state index in [-0.39, 0.29) is 0 Å². The Kier molecular flexibility index (Phi) is 2.93. The van der Waals surface area contributed by atoms with Crippen LogP contribution in [0.4, 0.5) is 0 Å².